The molecule has 23 heavy (non-hydrogen) atoms. The van der Waals surface area contributed by atoms with E-state index in [-0.39, 0.29) is 0 Å². The standard InChI is InChI=1S/C18H25N3OS/c1-2-23-16-10-6-7-11-21(13-16)14-18-20-19-17(22-18)12-15-8-4-3-5-9-15/h3-5,8-9,16H,2,6-7,10-14H2,1H3/t16-/m0/s1. The molecule has 5 heteroatoms. The Labute approximate surface area is 142 Å². The van der Waals surface area contributed by atoms with Gasteiger partial charge in [0, 0.05) is 11.8 Å². The number of benzene rings is 1. The second kappa shape index (κ2) is 8.50. The first-order chi connectivity index (χ1) is 11.3. The Hall–Kier alpha value is -1.33. The van der Waals surface area contributed by atoms with Crippen LogP contribution in [0.4, 0.5) is 0 Å². The van der Waals surface area contributed by atoms with Gasteiger partial charge in [-0.05, 0) is 30.7 Å². The Bertz CT molecular complexity index is 587. The largest absolute Gasteiger partial charge is 0.424 e. The van der Waals surface area contributed by atoms with Gasteiger partial charge in [-0.1, -0.05) is 43.7 Å². The summed E-state index contributed by atoms with van der Waals surface area (Å²) in [5.41, 5.74) is 1.21. The smallest absolute Gasteiger partial charge is 0.230 e. The minimum absolute atomic E-state index is 0.709. The summed E-state index contributed by atoms with van der Waals surface area (Å²) in [5.74, 6) is 2.65. The lowest BCUT2D eigenvalue weighted by Gasteiger charge is -2.22. The van der Waals surface area contributed by atoms with Gasteiger partial charge >= 0.3 is 0 Å². The Morgan fingerprint density at radius 3 is 2.83 bits per heavy atom. The van der Waals surface area contributed by atoms with Crippen LogP contribution in [-0.4, -0.2) is 39.2 Å². The second-order valence-corrected chi connectivity index (χ2v) is 7.64. The molecule has 0 saturated carbocycles. The van der Waals surface area contributed by atoms with Gasteiger partial charge < -0.3 is 4.42 Å². The lowest BCUT2D eigenvalue weighted by molar-refractivity contribution is 0.248. The fourth-order valence-corrected chi connectivity index (χ4v) is 4.20. The number of hydrogen-bond donors (Lipinski definition) is 0. The van der Waals surface area contributed by atoms with Crippen molar-refractivity contribution in [2.45, 2.75) is 44.4 Å². The molecule has 4 nitrogen and oxygen atoms in total. The molecule has 2 heterocycles. The van der Waals surface area contributed by atoms with Gasteiger partial charge in [0.1, 0.15) is 0 Å². The number of rotatable bonds is 6. The Morgan fingerprint density at radius 1 is 1.17 bits per heavy atom. The molecule has 0 radical (unpaired) electrons. The first-order valence-corrected chi connectivity index (χ1v) is 9.57. The predicted octanol–water partition coefficient (Wildman–Crippen LogP) is 3.77. The minimum atomic E-state index is 0.709. The molecule has 1 aromatic carbocycles. The summed E-state index contributed by atoms with van der Waals surface area (Å²) in [4.78, 5) is 2.47. The molecule has 0 aliphatic carbocycles. The zero-order valence-electron chi connectivity index (χ0n) is 13.8. The third-order valence-corrected chi connectivity index (χ3v) is 5.37. The van der Waals surface area contributed by atoms with Crippen molar-refractivity contribution in [3.8, 4) is 0 Å². The average Bonchev–Trinajstić information content (AvgIpc) is 2.87. The van der Waals surface area contributed by atoms with Crippen LogP contribution in [0.15, 0.2) is 34.7 Å². The third kappa shape index (κ3) is 5.08. The van der Waals surface area contributed by atoms with Crippen molar-refractivity contribution >= 4 is 11.8 Å². The van der Waals surface area contributed by atoms with Crippen LogP contribution < -0.4 is 0 Å². The quantitative estimate of drug-likeness (QED) is 0.806. The number of hydrogen-bond acceptors (Lipinski definition) is 5. The highest BCUT2D eigenvalue weighted by Crippen LogP contribution is 2.23. The van der Waals surface area contributed by atoms with Crippen LogP contribution in [0.3, 0.4) is 0 Å². The van der Waals surface area contributed by atoms with Gasteiger partial charge in [0.25, 0.3) is 0 Å². The van der Waals surface area contributed by atoms with Crippen molar-refractivity contribution in [3.05, 3.63) is 47.7 Å². The molecule has 1 fully saturated rings. The maximum Gasteiger partial charge on any atom is 0.230 e. The summed E-state index contributed by atoms with van der Waals surface area (Å²) < 4.78 is 5.86. The molecule has 3 rings (SSSR count). The highest BCUT2D eigenvalue weighted by Gasteiger charge is 2.20. The van der Waals surface area contributed by atoms with Crippen LogP contribution >= 0.6 is 11.8 Å². The normalized spacial score (nSPS) is 19.6. The highest BCUT2D eigenvalue weighted by atomic mass is 32.2. The molecule has 0 N–H and O–H groups in total. The maximum absolute atomic E-state index is 5.86. The molecule has 0 amide bonds. The van der Waals surface area contributed by atoms with E-state index >= 15 is 0 Å². The number of aromatic nitrogens is 2. The van der Waals surface area contributed by atoms with Crippen molar-refractivity contribution in [1.29, 1.82) is 0 Å². The summed E-state index contributed by atoms with van der Waals surface area (Å²) >= 11 is 2.08. The fourth-order valence-electron chi connectivity index (χ4n) is 3.08. The van der Waals surface area contributed by atoms with E-state index in [1.807, 2.05) is 18.2 Å². The molecule has 1 aromatic heterocycles. The third-order valence-electron chi connectivity index (χ3n) is 4.18. The zero-order chi connectivity index (χ0) is 15.9. The molecule has 2 aromatic rings. The maximum atomic E-state index is 5.86. The van der Waals surface area contributed by atoms with E-state index in [1.54, 1.807) is 0 Å². The lowest BCUT2D eigenvalue weighted by atomic mass is 10.2. The van der Waals surface area contributed by atoms with Crippen molar-refractivity contribution in [2.24, 2.45) is 0 Å². The van der Waals surface area contributed by atoms with Gasteiger partial charge in [-0.25, -0.2) is 0 Å². The Kier molecular flexibility index (Phi) is 6.11. The van der Waals surface area contributed by atoms with Crippen LogP contribution in [0.2, 0.25) is 0 Å². The Morgan fingerprint density at radius 2 is 2.00 bits per heavy atom. The molecule has 0 spiro atoms. The number of thioether (sulfide) groups is 1. The summed E-state index contributed by atoms with van der Waals surface area (Å²) in [6, 6.07) is 10.3. The number of likely N-dealkylation sites (tertiary alicyclic amines) is 1. The second-order valence-electron chi connectivity index (χ2n) is 6.06. The van der Waals surface area contributed by atoms with Crippen molar-refractivity contribution in [3.63, 3.8) is 0 Å². The van der Waals surface area contributed by atoms with Crippen molar-refractivity contribution in [2.75, 3.05) is 18.8 Å². The van der Waals surface area contributed by atoms with Gasteiger partial charge in [-0.2, -0.15) is 11.8 Å². The van der Waals surface area contributed by atoms with Crippen LogP contribution in [0.5, 0.6) is 0 Å². The SMILES string of the molecule is CCS[C@H]1CCCCN(Cc2nnc(Cc3ccccc3)o2)C1. The zero-order valence-corrected chi connectivity index (χ0v) is 14.6. The molecule has 1 aliphatic heterocycles. The van der Waals surface area contributed by atoms with Crippen LogP contribution in [0.25, 0.3) is 0 Å². The van der Waals surface area contributed by atoms with E-state index in [2.05, 4.69) is 45.9 Å². The van der Waals surface area contributed by atoms with E-state index in [1.165, 1.54) is 30.6 Å². The van der Waals surface area contributed by atoms with E-state index < -0.39 is 0 Å². The molecule has 1 atom stereocenters. The van der Waals surface area contributed by atoms with Gasteiger partial charge in [-0.3, -0.25) is 4.90 Å². The first kappa shape index (κ1) is 16.5. The Balaban J connectivity index is 1.57. The summed E-state index contributed by atoms with van der Waals surface area (Å²) in [7, 11) is 0. The molecule has 0 unspecified atom stereocenters. The highest BCUT2D eigenvalue weighted by molar-refractivity contribution is 7.99. The summed E-state index contributed by atoms with van der Waals surface area (Å²) in [5, 5.41) is 9.19. The summed E-state index contributed by atoms with van der Waals surface area (Å²) in [6.07, 6.45) is 4.64. The first-order valence-electron chi connectivity index (χ1n) is 8.52. The van der Waals surface area contributed by atoms with E-state index in [9.17, 15) is 0 Å². The van der Waals surface area contributed by atoms with Crippen LogP contribution in [0, 0.1) is 0 Å². The topological polar surface area (TPSA) is 42.2 Å². The lowest BCUT2D eigenvalue weighted by Crippen LogP contribution is -2.29. The summed E-state index contributed by atoms with van der Waals surface area (Å²) in [6.45, 7) is 5.29. The average molecular weight is 331 g/mol. The van der Waals surface area contributed by atoms with Gasteiger partial charge in [0.05, 0.1) is 13.0 Å². The molecular weight excluding hydrogens is 306 g/mol. The van der Waals surface area contributed by atoms with Crippen LogP contribution in [-0.2, 0) is 13.0 Å². The molecular formula is C18H25N3OS. The fraction of sp³-hybridized carbons (Fsp3) is 0.556. The molecule has 1 saturated heterocycles. The van der Waals surface area contributed by atoms with E-state index in [4.69, 9.17) is 4.42 Å². The van der Waals surface area contributed by atoms with Crippen molar-refractivity contribution in [1.82, 2.24) is 15.1 Å². The molecule has 1 aliphatic rings. The van der Waals surface area contributed by atoms with Gasteiger partial charge in [-0.15, -0.1) is 10.2 Å². The van der Waals surface area contributed by atoms with Crippen molar-refractivity contribution < 1.29 is 4.42 Å². The van der Waals surface area contributed by atoms with E-state index in [0.717, 1.165) is 30.8 Å². The minimum Gasteiger partial charge on any atom is -0.424 e. The molecule has 124 valence electrons. The van der Waals surface area contributed by atoms with Gasteiger partial charge in [0.15, 0.2) is 0 Å². The van der Waals surface area contributed by atoms with Crippen LogP contribution in [0.1, 0.15) is 43.5 Å². The molecule has 0 bridgehead atoms. The predicted molar refractivity (Wildman–Crippen MR) is 94.6 cm³/mol. The monoisotopic (exact) mass is 331 g/mol. The van der Waals surface area contributed by atoms with E-state index in [0.29, 0.717) is 12.3 Å². The number of nitrogens with zero attached hydrogens (tertiary/aromatic N) is 3. The van der Waals surface area contributed by atoms with Gasteiger partial charge in [0.2, 0.25) is 11.8 Å².